The molecule has 5 heteroatoms. The Labute approximate surface area is 96.2 Å². The first kappa shape index (κ1) is 14.7. The molecule has 0 aliphatic carbocycles. The quantitative estimate of drug-likeness (QED) is 0.473. The molecule has 90 valence electrons. The van der Waals surface area contributed by atoms with Crippen LogP contribution in [0.25, 0.3) is 0 Å². The van der Waals surface area contributed by atoms with Crippen molar-refractivity contribution in [3.8, 4) is 0 Å². The number of carbonyl (C=O) groups is 1. The molecule has 0 aromatic rings. The molecular weight excluding hydrogens is 212 g/mol. The van der Waals surface area contributed by atoms with Crippen molar-refractivity contribution < 1.29 is 9.90 Å². The molecule has 0 heterocycles. The van der Waals surface area contributed by atoms with E-state index in [2.05, 4.69) is 10.6 Å². The molecule has 0 rings (SSSR count). The number of aliphatic hydroxyl groups is 1. The maximum Gasteiger partial charge on any atom is 0.220 e. The van der Waals surface area contributed by atoms with Crippen molar-refractivity contribution in [3.05, 3.63) is 0 Å². The summed E-state index contributed by atoms with van der Waals surface area (Å²) >= 11 is 1.76. The Hall–Kier alpha value is -0.260. The van der Waals surface area contributed by atoms with Gasteiger partial charge in [-0.2, -0.15) is 11.8 Å². The summed E-state index contributed by atoms with van der Waals surface area (Å²) in [4.78, 5) is 11.2. The monoisotopic (exact) mass is 234 g/mol. The van der Waals surface area contributed by atoms with E-state index in [0.29, 0.717) is 6.42 Å². The lowest BCUT2D eigenvalue weighted by Gasteiger charge is -2.04. The zero-order valence-corrected chi connectivity index (χ0v) is 10.2. The lowest BCUT2D eigenvalue weighted by Crippen LogP contribution is -2.26. The summed E-state index contributed by atoms with van der Waals surface area (Å²) in [6.07, 6.45) is 2.32. The summed E-state index contributed by atoms with van der Waals surface area (Å²) in [5, 5.41) is 14.4. The zero-order valence-electron chi connectivity index (χ0n) is 9.42. The van der Waals surface area contributed by atoms with Crippen molar-refractivity contribution in [2.75, 3.05) is 38.2 Å². The third kappa shape index (κ3) is 11.7. The fourth-order valence-electron chi connectivity index (χ4n) is 1.05. The van der Waals surface area contributed by atoms with E-state index in [1.807, 2.05) is 7.05 Å². The molecule has 0 atom stereocenters. The molecule has 0 aromatic heterocycles. The SMILES string of the molecule is CNCCCC(=O)NCCSCCCO. The van der Waals surface area contributed by atoms with Gasteiger partial charge in [-0.1, -0.05) is 0 Å². The third-order valence-electron chi connectivity index (χ3n) is 1.85. The molecule has 0 spiro atoms. The summed E-state index contributed by atoms with van der Waals surface area (Å²) in [7, 11) is 1.88. The minimum absolute atomic E-state index is 0.132. The summed E-state index contributed by atoms with van der Waals surface area (Å²) in [6.45, 7) is 1.87. The van der Waals surface area contributed by atoms with Crippen LogP contribution in [0.3, 0.4) is 0 Å². The van der Waals surface area contributed by atoms with Crippen molar-refractivity contribution in [1.82, 2.24) is 10.6 Å². The third-order valence-corrected chi connectivity index (χ3v) is 2.92. The van der Waals surface area contributed by atoms with Gasteiger partial charge in [0.15, 0.2) is 0 Å². The molecule has 0 unspecified atom stereocenters. The van der Waals surface area contributed by atoms with Crippen LogP contribution in [-0.2, 0) is 4.79 Å². The van der Waals surface area contributed by atoms with Crippen molar-refractivity contribution >= 4 is 17.7 Å². The average molecular weight is 234 g/mol. The highest BCUT2D eigenvalue weighted by Gasteiger charge is 1.99. The fourth-order valence-corrected chi connectivity index (χ4v) is 1.83. The Morgan fingerprint density at radius 2 is 2.07 bits per heavy atom. The highest BCUT2D eigenvalue weighted by molar-refractivity contribution is 7.99. The van der Waals surface area contributed by atoms with Gasteiger partial charge >= 0.3 is 0 Å². The number of amides is 1. The molecule has 15 heavy (non-hydrogen) atoms. The predicted octanol–water partition coefficient (Wildman–Crippen LogP) is 0.218. The number of thioether (sulfide) groups is 1. The van der Waals surface area contributed by atoms with Gasteiger partial charge in [0.2, 0.25) is 5.91 Å². The molecule has 0 saturated carbocycles. The topological polar surface area (TPSA) is 61.4 Å². The molecule has 4 nitrogen and oxygen atoms in total. The van der Waals surface area contributed by atoms with Crippen LogP contribution in [0.5, 0.6) is 0 Å². The van der Waals surface area contributed by atoms with Crippen molar-refractivity contribution in [2.45, 2.75) is 19.3 Å². The van der Waals surface area contributed by atoms with E-state index in [0.717, 1.165) is 37.4 Å². The van der Waals surface area contributed by atoms with Gasteiger partial charge in [0.25, 0.3) is 0 Å². The molecular formula is C10H22N2O2S. The molecule has 0 aromatic carbocycles. The summed E-state index contributed by atoms with van der Waals surface area (Å²) < 4.78 is 0. The van der Waals surface area contributed by atoms with E-state index >= 15 is 0 Å². The number of nitrogens with one attached hydrogen (secondary N) is 2. The fraction of sp³-hybridized carbons (Fsp3) is 0.900. The lowest BCUT2D eigenvalue weighted by atomic mass is 10.3. The van der Waals surface area contributed by atoms with E-state index in [4.69, 9.17) is 5.11 Å². The second-order valence-corrected chi connectivity index (χ2v) is 4.47. The number of hydrogen-bond acceptors (Lipinski definition) is 4. The summed E-state index contributed by atoms with van der Waals surface area (Å²) in [5.41, 5.74) is 0. The van der Waals surface area contributed by atoms with Crippen LogP contribution in [-0.4, -0.2) is 49.3 Å². The standard InChI is InChI=1S/C10H22N2O2S/c1-11-5-2-4-10(14)12-6-9-15-8-3-7-13/h11,13H,2-9H2,1H3,(H,12,14). The number of hydrogen-bond donors (Lipinski definition) is 3. The summed E-state index contributed by atoms with van der Waals surface area (Å²) in [6, 6.07) is 0. The van der Waals surface area contributed by atoms with Crippen LogP contribution in [0.15, 0.2) is 0 Å². The van der Waals surface area contributed by atoms with Gasteiger partial charge in [-0.3, -0.25) is 4.79 Å². The Morgan fingerprint density at radius 1 is 1.27 bits per heavy atom. The van der Waals surface area contributed by atoms with Gasteiger partial charge in [0.05, 0.1) is 0 Å². The molecule has 3 N–H and O–H groups in total. The maximum absolute atomic E-state index is 11.2. The highest BCUT2D eigenvalue weighted by atomic mass is 32.2. The highest BCUT2D eigenvalue weighted by Crippen LogP contribution is 2.00. The van der Waals surface area contributed by atoms with Gasteiger partial charge in [0, 0.05) is 25.3 Å². The van der Waals surface area contributed by atoms with Gasteiger partial charge in [0.1, 0.15) is 0 Å². The average Bonchev–Trinajstić information content (AvgIpc) is 2.23. The van der Waals surface area contributed by atoms with Crippen LogP contribution in [0.2, 0.25) is 0 Å². The first-order valence-corrected chi connectivity index (χ1v) is 6.56. The van der Waals surface area contributed by atoms with Crippen LogP contribution in [0.1, 0.15) is 19.3 Å². The van der Waals surface area contributed by atoms with Crippen molar-refractivity contribution in [1.29, 1.82) is 0 Å². The molecule has 0 saturated heterocycles. The molecule has 0 aliphatic heterocycles. The van der Waals surface area contributed by atoms with Crippen LogP contribution in [0.4, 0.5) is 0 Å². The minimum atomic E-state index is 0.132. The summed E-state index contributed by atoms with van der Waals surface area (Å²) in [5.74, 6) is 2.03. The first-order chi connectivity index (χ1) is 7.31. The van der Waals surface area contributed by atoms with Crippen molar-refractivity contribution in [2.24, 2.45) is 0 Å². The predicted molar refractivity (Wildman–Crippen MR) is 65.2 cm³/mol. The molecule has 0 fully saturated rings. The zero-order chi connectivity index (χ0) is 11.4. The molecule has 0 radical (unpaired) electrons. The van der Waals surface area contributed by atoms with E-state index in [9.17, 15) is 4.79 Å². The first-order valence-electron chi connectivity index (χ1n) is 5.41. The van der Waals surface area contributed by atoms with E-state index < -0.39 is 0 Å². The van der Waals surface area contributed by atoms with Crippen molar-refractivity contribution in [3.63, 3.8) is 0 Å². The number of carbonyl (C=O) groups excluding carboxylic acids is 1. The number of aliphatic hydroxyl groups excluding tert-OH is 1. The van der Waals surface area contributed by atoms with Gasteiger partial charge in [-0.05, 0) is 32.2 Å². The maximum atomic E-state index is 11.2. The lowest BCUT2D eigenvalue weighted by molar-refractivity contribution is -0.121. The van der Waals surface area contributed by atoms with Gasteiger partial charge in [-0.15, -0.1) is 0 Å². The van der Waals surface area contributed by atoms with Gasteiger partial charge < -0.3 is 15.7 Å². The molecule has 1 amide bonds. The van der Waals surface area contributed by atoms with E-state index in [1.165, 1.54) is 0 Å². The smallest absolute Gasteiger partial charge is 0.220 e. The Morgan fingerprint density at radius 3 is 2.73 bits per heavy atom. The Kier molecular flexibility index (Phi) is 11.6. The van der Waals surface area contributed by atoms with E-state index in [-0.39, 0.29) is 12.5 Å². The Bertz CT molecular complexity index is 156. The second-order valence-electron chi connectivity index (χ2n) is 3.25. The number of rotatable bonds is 10. The largest absolute Gasteiger partial charge is 0.396 e. The van der Waals surface area contributed by atoms with Gasteiger partial charge in [-0.25, -0.2) is 0 Å². The van der Waals surface area contributed by atoms with Crippen LogP contribution < -0.4 is 10.6 Å². The van der Waals surface area contributed by atoms with E-state index in [1.54, 1.807) is 11.8 Å². The second kappa shape index (κ2) is 11.8. The normalized spacial score (nSPS) is 10.3. The van der Waals surface area contributed by atoms with Crippen LogP contribution in [0, 0.1) is 0 Å². The Balaban J connectivity index is 3.10. The van der Waals surface area contributed by atoms with Crippen LogP contribution >= 0.6 is 11.8 Å². The molecule has 0 aliphatic rings. The molecule has 0 bridgehead atoms. The minimum Gasteiger partial charge on any atom is -0.396 e.